The van der Waals surface area contributed by atoms with Crippen LogP contribution in [0.1, 0.15) is 46.3 Å². The van der Waals surface area contributed by atoms with Crippen LogP contribution in [0.4, 0.5) is 10.1 Å². The monoisotopic (exact) mass is 285 g/mol. The van der Waals surface area contributed by atoms with Gasteiger partial charge in [0, 0.05) is 17.2 Å². The molecule has 0 spiro atoms. The third-order valence-electron chi connectivity index (χ3n) is 3.39. The smallest absolute Gasteiger partial charge is 0.295 e. The molecule has 1 aromatic heterocycles. The molecular formula is C14H12FN5O. The zero-order valence-electron chi connectivity index (χ0n) is 11.3. The van der Waals surface area contributed by atoms with E-state index >= 15 is 0 Å². The van der Waals surface area contributed by atoms with Gasteiger partial charge >= 0.3 is 0 Å². The van der Waals surface area contributed by atoms with Crippen molar-refractivity contribution >= 4 is 11.6 Å². The number of carbonyl (C=O) groups is 1. The van der Waals surface area contributed by atoms with E-state index in [1.807, 2.05) is 6.07 Å². The number of halogens is 1. The number of nitrogens with one attached hydrogen (secondary N) is 2. The predicted octanol–water partition coefficient (Wildman–Crippen LogP) is 2.25. The van der Waals surface area contributed by atoms with Crippen molar-refractivity contribution in [1.29, 1.82) is 5.26 Å². The van der Waals surface area contributed by atoms with Crippen LogP contribution >= 0.6 is 0 Å². The quantitative estimate of drug-likeness (QED) is 0.904. The van der Waals surface area contributed by atoms with E-state index in [1.165, 1.54) is 13.0 Å². The summed E-state index contributed by atoms with van der Waals surface area (Å²) >= 11 is 0. The average molecular weight is 285 g/mol. The van der Waals surface area contributed by atoms with Gasteiger partial charge in [-0.25, -0.2) is 9.37 Å². The first-order chi connectivity index (χ1) is 10.1. The molecule has 1 saturated carbocycles. The van der Waals surface area contributed by atoms with Crippen LogP contribution in [-0.2, 0) is 0 Å². The van der Waals surface area contributed by atoms with Gasteiger partial charge in [0.2, 0.25) is 5.82 Å². The van der Waals surface area contributed by atoms with Crippen molar-refractivity contribution in [2.24, 2.45) is 0 Å². The lowest BCUT2D eigenvalue weighted by atomic mass is 10.1. The Morgan fingerprint density at radius 2 is 2.29 bits per heavy atom. The Kier molecular flexibility index (Phi) is 3.14. The van der Waals surface area contributed by atoms with Crippen molar-refractivity contribution in [2.75, 3.05) is 5.32 Å². The molecule has 0 radical (unpaired) electrons. The predicted molar refractivity (Wildman–Crippen MR) is 72.2 cm³/mol. The molecule has 1 aliphatic carbocycles. The largest absolute Gasteiger partial charge is 0.319 e. The molecule has 1 aliphatic rings. The zero-order chi connectivity index (χ0) is 15.0. The highest BCUT2D eigenvalue weighted by atomic mass is 19.1. The maximum atomic E-state index is 13.7. The average Bonchev–Trinajstić information content (AvgIpc) is 3.20. The number of nitriles is 1. The van der Waals surface area contributed by atoms with E-state index < -0.39 is 11.7 Å². The molecule has 2 N–H and O–H groups in total. The topological polar surface area (TPSA) is 94.5 Å². The van der Waals surface area contributed by atoms with E-state index in [-0.39, 0.29) is 22.6 Å². The van der Waals surface area contributed by atoms with Gasteiger partial charge in [0.05, 0.1) is 11.6 Å². The van der Waals surface area contributed by atoms with Crippen molar-refractivity contribution in [3.8, 4) is 6.07 Å². The van der Waals surface area contributed by atoms with E-state index in [4.69, 9.17) is 5.26 Å². The molecule has 0 saturated heterocycles. The lowest BCUT2D eigenvalue weighted by molar-refractivity contribution is 0.101. The van der Waals surface area contributed by atoms with Crippen LogP contribution < -0.4 is 5.32 Å². The SMILES string of the molecule is Cc1c(F)cc(C#N)cc1NC(=O)c1n[nH]c(C2CC2)n1. The Morgan fingerprint density at radius 1 is 1.52 bits per heavy atom. The van der Waals surface area contributed by atoms with Crippen molar-refractivity contribution in [3.05, 3.63) is 40.7 Å². The maximum absolute atomic E-state index is 13.7. The Balaban J connectivity index is 1.83. The second-order valence-corrected chi connectivity index (χ2v) is 5.02. The summed E-state index contributed by atoms with van der Waals surface area (Å²) in [6, 6.07) is 4.40. The molecule has 1 aromatic carbocycles. The number of hydrogen-bond donors (Lipinski definition) is 2. The first kappa shape index (κ1) is 13.2. The first-order valence-electron chi connectivity index (χ1n) is 6.52. The Labute approximate surface area is 120 Å². The second kappa shape index (κ2) is 4.98. The number of rotatable bonds is 3. The summed E-state index contributed by atoms with van der Waals surface area (Å²) in [5.74, 6) is 0.00166. The maximum Gasteiger partial charge on any atom is 0.295 e. The van der Waals surface area contributed by atoms with Crippen LogP contribution in [-0.4, -0.2) is 21.1 Å². The van der Waals surface area contributed by atoms with Crippen molar-refractivity contribution in [3.63, 3.8) is 0 Å². The van der Waals surface area contributed by atoms with Crippen LogP contribution in [0.3, 0.4) is 0 Å². The third kappa shape index (κ3) is 2.60. The fourth-order valence-electron chi connectivity index (χ4n) is 1.97. The summed E-state index contributed by atoms with van der Waals surface area (Å²) in [4.78, 5) is 16.2. The minimum Gasteiger partial charge on any atom is -0.319 e. The summed E-state index contributed by atoms with van der Waals surface area (Å²) in [6.45, 7) is 1.53. The molecule has 1 fully saturated rings. The molecule has 2 aromatic rings. The number of nitrogens with zero attached hydrogens (tertiary/aromatic N) is 3. The molecule has 0 atom stereocenters. The lowest BCUT2D eigenvalue weighted by Crippen LogP contribution is -2.15. The molecule has 6 nitrogen and oxygen atoms in total. The number of carbonyl (C=O) groups excluding carboxylic acids is 1. The highest BCUT2D eigenvalue weighted by Gasteiger charge is 2.28. The van der Waals surface area contributed by atoms with E-state index in [1.54, 1.807) is 0 Å². The van der Waals surface area contributed by atoms with Crippen LogP contribution in [0, 0.1) is 24.1 Å². The zero-order valence-corrected chi connectivity index (χ0v) is 11.3. The van der Waals surface area contributed by atoms with Gasteiger partial charge in [-0.3, -0.25) is 9.89 Å². The van der Waals surface area contributed by atoms with Crippen molar-refractivity contribution < 1.29 is 9.18 Å². The number of benzene rings is 1. The van der Waals surface area contributed by atoms with Crippen LogP contribution in [0.2, 0.25) is 0 Å². The van der Waals surface area contributed by atoms with E-state index in [0.29, 0.717) is 11.7 Å². The van der Waals surface area contributed by atoms with Gasteiger partial charge in [-0.2, -0.15) is 5.26 Å². The Morgan fingerprint density at radius 3 is 2.95 bits per heavy atom. The number of aromatic nitrogens is 3. The van der Waals surface area contributed by atoms with Gasteiger partial charge in [0.1, 0.15) is 11.6 Å². The van der Waals surface area contributed by atoms with Crippen molar-refractivity contribution in [1.82, 2.24) is 15.2 Å². The Bertz CT molecular complexity index is 757. The second-order valence-electron chi connectivity index (χ2n) is 5.02. The summed E-state index contributed by atoms with van der Waals surface area (Å²) in [5, 5.41) is 18.0. The van der Waals surface area contributed by atoms with Gasteiger partial charge in [-0.15, -0.1) is 5.10 Å². The highest BCUT2D eigenvalue weighted by Crippen LogP contribution is 2.37. The summed E-state index contributed by atoms with van der Waals surface area (Å²) in [6.07, 6.45) is 2.09. The molecule has 1 amide bonds. The normalized spacial score (nSPS) is 13.8. The summed E-state index contributed by atoms with van der Waals surface area (Å²) in [7, 11) is 0. The standard InChI is InChI=1S/C14H12FN5O/c1-7-10(15)4-8(6-16)5-11(7)17-14(21)13-18-12(19-20-13)9-2-3-9/h4-5,9H,2-3H2,1H3,(H,17,21)(H,18,19,20). The van der Waals surface area contributed by atoms with E-state index in [9.17, 15) is 9.18 Å². The third-order valence-corrected chi connectivity index (χ3v) is 3.39. The molecular weight excluding hydrogens is 273 g/mol. The number of anilines is 1. The number of H-pyrrole nitrogens is 1. The first-order valence-corrected chi connectivity index (χ1v) is 6.52. The molecule has 3 rings (SSSR count). The van der Waals surface area contributed by atoms with Gasteiger partial charge < -0.3 is 5.32 Å². The summed E-state index contributed by atoms with van der Waals surface area (Å²) < 4.78 is 13.7. The van der Waals surface area contributed by atoms with Crippen molar-refractivity contribution in [2.45, 2.75) is 25.7 Å². The number of aromatic amines is 1. The molecule has 1 heterocycles. The lowest BCUT2D eigenvalue weighted by Gasteiger charge is -2.08. The van der Waals surface area contributed by atoms with Crippen LogP contribution in [0.5, 0.6) is 0 Å². The van der Waals surface area contributed by atoms with Gasteiger partial charge in [-0.1, -0.05) is 0 Å². The fraction of sp³-hybridized carbons (Fsp3) is 0.286. The van der Waals surface area contributed by atoms with E-state index in [0.717, 1.165) is 18.9 Å². The van der Waals surface area contributed by atoms with Gasteiger partial charge in [0.25, 0.3) is 5.91 Å². The number of amides is 1. The number of hydrogen-bond acceptors (Lipinski definition) is 4. The molecule has 7 heteroatoms. The molecule has 106 valence electrons. The fourth-order valence-corrected chi connectivity index (χ4v) is 1.97. The van der Waals surface area contributed by atoms with Gasteiger partial charge in [0.15, 0.2) is 0 Å². The Hall–Kier alpha value is -2.75. The molecule has 0 bridgehead atoms. The van der Waals surface area contributed by atoms with E-state index in [2.05, 4.69) is 20.5 Å². The molecule has 0 unspecified atom stereocenters. The highest BCUT2D eigenvalue weighted by molar-refractivity contribution is 6.02. The van der Waals surface area contributed by atoms with Crippen LogP contribution in [0.15, 0.2) is 12.1 Å². The molecule has 21 heavy (non-hydrogen) atoms. The minimum atomic E-state index is -0.544. The minimum absolute atomic E-state index is 0.0130. The van der Waals surface area contributed by atoms with Gasteiger partial charge in [-0.05, 0) is 31.9 Å². The van der Waals surface area contributed by atoms with Crippen LogP contribution in [0.25, 0.3) is 0 Å². The summed E-state index contributed by atoms with van der Waals surface area (Å²) in [5.41, 5.74) is 0.650. The molecule has 0 aliphatic heterocycles.